The minimum absolute atomic E-state index is 0.0705. The third-order valence-electron chi connectivity index (χ3n) is 2.62. The first-order valence-electron chi connectivity index (χ1n) is 5.70. The Balaban J connectivity index is 2.14. The summed E-state index contributed by atoms with van der Waals surface area (Å²) in [5, 5.41) is 3.26. The van der Waals surface area contributed by atoms with E-state index in [0.29, 0.717) is 0 Å². The Morgan fingerprint density at radius 1 is 1.18 bits per heavy atom. The number of rotatable bonds is 3. The third-order valence-corrected chi connectivity index (χ3v) is 2.62. The number of aryl methyl sites for hydroxylation is 1. The maximum Gasteiger partial charge on any atom is 0.130 e. The van der Waals surface area contributed by atoms with Gasteiger partial charge in [-0.25, -0.2) is 4.98 Å². The molecule has 1 heterocycles. The fourth-order valence-electron chi connectivity index (χ4n) is 1.62. The lowest BCUT2D eigenvalue weighted by Gasteiger charge is -2.09. The minimum atomic E-state index is 0.0705. The van der Waals surface area contributed by atoms with E-state index in [0.717, 1.165) is 17.1 Å². The Hall–Kier alpha value is -1.87. The summed E-state index contributed by atoms with van der Waals surface area (Å²) in [5.74, 6) is 0.860. The number of nitrogens with two attached hydrogens (primary N) is 1. The molecule has 0 saturated heterocycles. The van der Waals surface area contributed by atoms with Crippen LogP contribution < -0.4 is 11.1 Å². The SMILES string of the molecule is Cc1ccnc(Nc2ccc(C(C)N)cc2)c1. The van der Waals surface area contributed by atoms with Crippen molar-refractivity contribution in [3.05, 3.63) is 53.7 Å². The molecule has 0 aliphatic rings. The van der Waals surface area contributed by atoms with Crippen molar-refractivity contribution in [2.24, 2.45) is 5.73 Å². The van der Waals surface area contributed by atoms with Gasteiger partial charge in [-0.15, -0.1) is 0 Å². The van der Waals surface area contributed by atoms with E-state index in [-0.39, 0.29) is 6.04 Å². The molecule has 17 heavy (non-hydrogen) atoms. The molecule has 2 rings (SSSR count). The van der Waals surface area contributed by atoms with Crippen molar-refractivity contribution in [2.45, 2.75) is 19.9 Å². The van der Waals surface area contributed by atoms with Crippen molar-refractivity contribution < 1.29 is 0 Å². The van der Waals surface area contributed by atoms with Gasteiger partial charge in [0.05, 0.1) is 0 Å². The summed E-state index contributed by atoms with van der Waals surface area (Å²) < 4.78 is 0. The normalized spacial score (nSPS) is 12.2. The molecule has 1 aromatic carbocycles. The van der Waals surface area contributed by atoms with E-state index in [1.807, 2.05) is 50.2 Å². The van der Waals surface area contributed by atoms with Gasteiger partial charge in [-0.2, -0.15) is 0 Å². The van der Waals surface area contributed by atoms with Gasteiger partial charge in [-0.1, -0.05) is 12.1 Å². The summed E-state index contributed by atoms with van der Waals surface area (Å²) in [5.41, 5.74) is 9.15. The number of nitrogens with one attached hydrogen (secondary N) is 1. The Labute approximate surface area is 102 Å². The van der Waals surface area contributed by atoms with Crippen LogP contribution in [0, 0.1) is 6.92 Å². The zero-order chi connectivity index (χ0) is 12.3. The molecule has 3 nitrogen and oxygen atoms in total. The number of hydrogen-bond acceptors (Lipinski definition) is 3. The van der Waals surface area contributed by atoms with Crippen LogP contribution >= 0.6 is 0 Å². The van der Waals surface area contributed by atoms with E-state index in [1.54, 1.807) is 6.20 Å². The van der Waals surface area contributed by atoms with Crippen LogP contribution in [0.1, 0.15) is 24.1 Å². The number of pyridine rings is 1. The predicted molar refractivity (Wildman–Crippen MR) is 71.3 cm³/mol. The summed E-state index contributed by atoms with van der Waals surface area (Å²) in [7, 11) is 0. The van der Waals surface area contributed by atoms with Crippen LogP contribution in [-0.2, 0) is 0 Å². The Kier molecular flexibility index (Phi) is 3.40. The highest BCUT2D eigenvalue weighted by Gasteiger charge is 2.00. The molecule has 1 unspecified atom stereocenters. The van der Waals surface area contributed by atoms with Gasteiger partial charge in [0.15, 0.2) is 0 Å². The first-order chi connectivity index (χ1) is 8.15. The molecule has 3 N–H and O–H groups in total. The molecule has 0 aliphatic carbocycles. The fraction of sp³-hybridized carbons (Fsp3) is 0.214. The van der Waals surface area contributed by atoms with Crippen molar-refractivity contribution >= 4 is 11.5 Å². The Morgan fingerprint density at radius 2 is 1.88 bits per heavy atom. The lowest BCUT2D eigenvalue weighted by atomic mass is 10.1. The molecule has 3 heteroatoms. The van der Waals surface area contributed by atoms with Crippen LogP contribution in [0.15, 0.2) is 42.6 Å². The molecule has 0 amide bonds. The first kappa shape index (κ1) is 11.6. The monoisotopic (exact) mass is 227 g/mol. The highest BCUT2D eigenvalue weighted by atomic mass is 15.0. The van der Waals surface area contributed by atoms with E-state index < -0.39 is 0 Å². The molecule has 2 aromatic rings. The second-order valence-electron chi connectivity index (χ2n) is 4.25. The van der Waals surface area contributed by atoms with E-state index in [2.05, 4.69) is 10.3 Å². The molecule has 0 radical (unpaired) electrons. The maximum atomic E-state index is 5.80. The smallest absolute Gasteiger partial charge is 0.130 e. The minimum Gasteiger partial charge on any atom is -0.340 e. The van der Waals surface area contributed by atoms with E-state index >= 15 is 0 Å². The van der Waals surface area contributed by atoms with Gasteiger partial charge in [0.2, 0.25) is 0 Å². The third kappa shape index (κ3) is 3.04. The Morgan fingerprint density at radius 3 is 2.47 bits per heavy atom. The lowest BCUT2D eigenvalue weighted by molar-refractivity contribution is 0.818. The van der Waals surface area contributed by atoms with Crippen LogP contribution in [0.3, 0.4) is 0 Å². The molecule has 0 aliphatic heterocycles. The molecule has 1 atom stereocenters. The summed E-state index contributed by atoms with van der Waals surface area (Å²) in [6, 6.07) is 12.2. The van der Waals surface area contributed by atoms with E-state index in [1.165, 1.54) is 5.56 Å². The number of nitrogens with zero attached hydrogens (tertiary/aromatic N) is 1. The average Bonchev–Trinajstić information content (AvgIpc) is 2.29. The molecule has 88 valence electrons. The molecule has 0 spiro atoms. The Bertz CT molecular complexity index is 489. The number of hydrogen-bond donors (Lipinski definition) is 2. The van der Waals surface area contributed by atoms with Gasteiger partial charge in [0, 0.05) is 17.9 Å². The van der Waals surface area contributed by atoms with Crippen LogP contribution in [0.4, 0.5) is 11.5 Å². The summed E-state index contributed by atoms with van der Waals surface area (Å²) in [6.07, 6.45) is 1.80. The van der Waals surface area contributed by atoms with Gasteiger partial charge in [0.1, 0.15) is 5.82 Å². The van der Waals surface area contributed by atoms with Gasteiger partial charge < -0.3 is 11.1 Å². The fourth-order valence-corrected chi connectivity index (χ4v) is 1.62. The molecule has 0 fully saturated rings. The molecule has 1 aromatic heterocycles. The number of aromatic nitrogens is 1. The number of anilines is 2. The lowest BCUT2D eigenvalue weighted by Crippen LogP contribution is -2.04. The van der Waals surface area contributed by atoms with Crippen LogP contribution in [0.25, 0.3) is 0 Å². The predicted octanol–water partition coefficient (Wildman–Crippen LogP) is 3.15. The molecular formula is C14H17N3. The first-order valence-corrected chi connectivity index (χ1v) is 5.70. The summed E-state index contributed by atoms with van der Waals surface area (Å²) in [6.45, 7) is 4.02. The topological polar surface area (TPSA) is 50.9 Å². The van der Waals surface area contributed by atoms with E-state index in [4.69, 9.17) is 5.73 Å². The van der Waals surface area contributed by atoms with Crippen LogP contribution in [-0.4, -0.2) is 4.98 Å². The van der Waals surface area contributed by atoms with E-state index in [9.17, 15) is 0 Å². The van der Waals surface area contributed by atoms with Gasteiger partial charge in [0.25, 0.3) is 0 Å². The van der Waals surface area contributed by atoms with Gasteiger partial charge in [-0.05, 0) is 49.2 Å². The maximum absolute atomic E-state index is 5.80. The average molecular weight is 227 g/mol. The zero-order valence-corrected chi connectivity index (χ0v) is 10.1. The van der Waals surface area contributed by atoms with Crippen LogP contribution in [0.2, 0.25) is 0 Å². The van der Waals surface area contributed by atoms with Gasteiger partial charge in [-0.3, -0.25) is 0 Å². The highest BCUT2D eigenvalue weighted by Crippen LogP contribution is 2.18. The second kappa shape index (κ2) is 4.97. The standard InChI is InChI=1S/C14H17N3/c1-10-7-8-16-14(9-10)17-13-5-3-12(4-6-13)11(2)15/h3-9,11H,15H2,1-2H3,(H,16,17). The second-order valence-corrected chi connectivity index (χ2v) is 4.25. The quantitative estimate of drug-likeness (QED) is 0.846. The highest BCUT2D eigenvalue weighted by molar-refractivity contribution is 5.56. The van der Waals surface area contributed by atoms with Crippen molar-refractivity contribution in [3.8, 4) is 0 Å². The zero-order valence-electron chi connectivity index (χ0n) is 10.1. The van der Waals surface area contributed by atoms with Crippen molar-refractivity contribution in [1.29, 1.82) is 0 Å². The number of benzene rings is 1. The summed E-state index contributed by atoms with van der Waals surface area (Å²) in [4.78, 5) is 4.26. The molecule has 0 saturated carbocycles. The van der Waals surface area contributed by atoms with Crippen molar-refractivity contribution in [2.75, 3.05) is 5.32 Å². The van der Waals surface area contributed by atoms with Gasteiger partial charge >= 0.3 is 0 Å². The van der Waals surface area contributed by atoms with Crippen LogP contribution in [0.5, 0.6) is 0 Å². The van der Waals surface area contributed by atoms with Crippen molar-refractivity contribution in [3.63, 3.8) is 0 Å². The van der Waals surface area contributed by atoms with Crippen molar-refractivity contribution in [1.82, 2.24) is 4.98 Å². The molecule has 0 bridgehead atoms. The summed E-state index contributed by atoms with van der Waals surface area (Å²) >= 11 is 0. The molecular weight excluding hydrogens is 210 g/mol. The largest absolute Gasteiger partial charge is 0.340 e.